The van der Waals surface area contributed by atoms with Gasteiger partial charge in [-0.25, -0.2) is 0 Å². The molecule has 0 nitrogen and oxygen atoms in total. The van der Waals surface area contributed by atoms with Gasteiger partial charge >= 0.3 is 0 Å². The molecule has 2 aliphatic carbocycles. The smallest absolute Gasteiger partial charge is 0.0726 e. The molecule has 1 aromatic heterocycles. The third kappa shape index (κ3) is 2.41. The Hall–Kier alpha value is -4.46. The predicted octanol–water partition coefficient (Wildman–Crippen LogP) is 10.1. The van der Waals surface area contributed by atoms with Gasteiger partial charge in [-0.1, -0.05) is 121 Å². The van der Waals surface area contributed by atoms with E-state index in [9.17, 15) is 0 Å². The second kappa shape index (κ2) is 7.31. The van der Waals surface area contributed by atoms with Crippen LogP contribution in [0.3, 0.4) is 0 Å². The molecular formula is C37H22S. The minimum atomic E-state index is -0.326. The molecule has 0 fully saturated rings. The topological polar surface area (TPSA) is 0 Å². The lowest BCUT2D eigenvalue weighted by molar-refractivity contribution is 0.795. The minimum absolute atomic E-state index is 0.326. The first-order valence-electron chi connectivity index (χ1n) is 13.2. The van der Waals surface area contributed by atoms with Gasteiger partial charge in [-0.2, -0.15) is 0 Å². The van der Waals surface area contributed by atoms with Gasteiger partial charge in [0.15, 0.2) is 0 Å². The first-order chi connectivity index (χ1) is 18.9. The van der Waals surface area contributed by atoms with Crippen LogP contribution < -0.4 is 0 Å². The molecule has 9 rings (SSSR count). The lowest BCUT2D eigenvalue weighted by atomic mass is 9.70. The molecule has 0 N–H and O–H groups in total. The third-order valence-electron chi connectivity index (χ3n) is 8.70. The van der Waals surface area contributed by atoms with E-state index in [-0.39, 0.29) is 5.41 Å². The number of fused-ring (bicyclic) bond motifs is 14. The van der Waals surface area contributed by atoms with Crippen molar-refractivity contribution >= 4 is 31.5 Å². The molecule has 0 aliphatic heterocycles. The number of hydrogen-bond donors (Lipinski definition) is 0. The molecule has 38 heavy (non-hydrogen) atoms. The van der Waals surface area contributed by atoms with Crippen LogP contribution >= 0.6 is 11.3 Å². The Morgan fingerprint density at radius 2 is 1.11 bits per heavy atom. The summed E-state index contributed by atoms with van der Waals surface area (Å²) in [7, 11) is 0. The molecule has 0 amide bonds. The van der Waals surface area contributed by atoms with Crippen molar-refractivity contribution in [1.29, 1.82) is 0 Å². The zero-order valence-corrected chi connectivity index (χ0v) is 21.4. The zero-order chi connectivity index (χ0) is 24.8. The standard InChI is InChI=1S/C37H22S/c1-2-10-23(11-3-1)24-18-19-26-25-12-4-7-15-30(25)37(33(26)22-24)31-16-8-5-14-29(31)35-32(37)21-20-28-27-13-6-9-17-34(27)38-36(28)35/h1-22H. The largest absolute Gasteiger partial charge is 0.135 e. The summed E-state index contributed by atoms with van der Waals surface area (Å²) in [5.74, 6) is 0. The molecule has 1 atom stereocenters. The third-order valence-corrected chi connectivity index (χ3v) is 9.91. The molecule has 6 aromatic carbocycles. The molecule has 7 aromatic rings. The Morgan fingerprint density at radius 1 is 0.421 bits per heavy atom. The van der Waals surface area contributed by atoms with E-state index in [4.69, 9.17) is 0 Å². The maximum absolute atomic E-state index is 2.46. The van der Waals surface area contributed by atoms with E-state index in [0.29, 0.717) is 0 Å². The minimum Gasteiger partial charge on any atom is -0.135 e. The summed E-state index contributed by atoms with van der Waals surface area (Å²) < 4.78 is 2.76. The zero-order valence-electron chi connectivity index (χ0n) is 20.6. The van der Waals surface area contributed by atoms with E-state index in [0.717, 1.165) is 0 Å². The highest BCUT2D eigenvalue weighted by Gasteiger charge is 2.52. The second-order valence-corrected chi connectivity index (χ2v) is 11.5. The van der Waals surface area contributed by atoms with Gasteiger partial charge in [0.2, 0.25) is 0 Å². The second-order valence-electron chi connectivity index (χ2n) is 10.4. The Labute approximate surface area is 225 Å². The van der Waals surface area contributed by atoms with Crippen LogP contribution in [-0.2, 0) is 5.41 Å². The van der Waals surface area contributed by atoms with Crippen LogP contribution in [0, 0.1) is 0 Å². The molecule has 0 radical (unpaired) electrons. The molecule has 2 aliphatic rings. The van der Waals surface area contributed by atoms with Crippen molar-refractivity contribution in [2.24, 2.45) is 0 Å². The van der Waals surface area contributed by atoms with Crippen molar-refractivity contribution in [3.8, 4) is 33.4 Å². The van der Waals surface area contributed by atoms with E-state index >= 15 is 0 Å². The number of hydrogen-bond acceptors (Lipinski definition) is 1. The normalized spacial score (nSPS) is 16.5. The Morgan fingerprint density at radius 3 is 1.97 bits per heavy atom. The number of thiophene rings is 1. The molecule has 176 valence electrons. The molecule has 1 spiro atoms. The molecule has 0 saturated carbocycles. The summed E-state index contributed by atoms with van der Waals surface area (Å²) in [5, 5.41) is 2.72. The van der Waals surface area contributed by atoms with E-state index in [1.807, 2.05) is 11.3 Å². The van der Waals surface area contributed by atoms with Crippen molar-refractivity contribution in [1.82, 2.24) is 0 Å². The van der Waals surface area contributed by atoms with Gasteiger partial charge in [0.05, 0.1) is 5.41 Å². The fourth-order valence-corrected chi connectivity index (χ4v) is 8.48. The number of benzene rings is 6. The Bertz CT molecular complexity index is 2080. The van der Waals surface area contributed by atoms with E-state index in [1.54, 1.807) is 0 Å². The SMILES string of the molecule is c1ccc(-c2ccc3c(c2)C2(c4ccccc4-3)c3ccccc3-c3c2ccc2c3sc3ccccc32)cc1. The first kappa shape index (κ1) is 20.6. The van der Waals surface area contributed by atoms with Crippen molar-refractivity contribution in [3.63, 3.8) is 0 Å². The molecule has 0 bridgehead atoms. The van der Waals surface area contributed by atoms with Crippen molar-refractivity contribution < 1.29 is 0 Å². The van der Waals surface area contributed by atoms with Gasteiger partial charge in [-0.3, -0.25) is 0 Å². The lowest BCUT2D eigenvalue weighted by Crippen LogP contribution is -2.25. The fraction of sp³-hybridized carbons (Fsp3) is 0.0270. The molecule has 1 unspecified atom stereocenters. The van der Waals surface area contributed by atoms with Crippen LogP contribution in [-0.4, -0.2) is 0 Å². The predicted molar refractivity (Wildman–Crippen MR) is 161 cm³/mol. The summed E-state index contributed by atoms with van der Waals surface area (Å²) in [4.78, 5) is 0. The molecule has 1 heterocycles. The molecule has 0 saturated heterocycles. The summed E-state index contributed by atoms with van der Waals surface area (Å²) in [6.07, 6.45) is 0. The summed E-state index contributed by atoms with van der Waals surface area (Å²) in [6.45, 7) is 0. The van der Waals surface area contributed by atoms with Gasteiger partial charge in [0.1, 0.15) is 0 Å². The van der Waals surface area contributed by atoms with Crippen LogP contribution in [0.2, 0.25) is 0 Å². The van der Waals surface area contributed by atoms with Crippen LogP contribution in [0.15, 0.2) is 133 Å². The van der Waals surface area contributed by atoms with E-state index < -0.39 is 0 Å². The average Bonchev–Trinajstić information content (AvgIpc) is 3.61. The quantitative estimate of drug-likeness (QED) is 0.211. The van der Waals surface area contributed by atoms with Crippen molar-refractivity contribution in [2.45, 2.75) is 5.41 Å². The Balaban J connectivity index is 1.46. The van der Waals surface area contributed by atoms with Gasteiger partial charge in [-0.05, 0) is 62.2 Å². The highest BCUT2D eigenvalue weighted by molar-refractivity contribution is 7.26. The van der Waals surface area contributed by atoms with Gasteiger partial charge in [-0.15, -0.1) is 11.3 Å². The monoisotopic (exact) mass is 498 g/mol. The maximum atomic E-state index is 2.46. The fourth-order valence-electron chi connectivity index (χ4n) is 7.21. The van der Waals surface area contributed by atoms with Gasteiger partial charge < -0.3 is 0 Å². The van der Waals surface area contributed by atoms with Crippen molar-refractivity contribution in [3.05, 3.63) is 156 Å². The van der Waals surface area contributed by atoms with Crippen LogP contribution in [0.25, 0.3) is 53.6 Å². The van der Waals surface area contributed by atoms with E-state index in [1.165, 1.54) is 75.8 Å². The number of rotatable bonds is 1. The maximum Gasteiger partial charge on any atom is 0.0726 e. The van der Waals surface area contributed by atoms with Crippen LogP contribution in [0.4, 0.5) is 0 Å². The van der Waals surface area contributed by atoms with Crippen molar-refractivity contribution in [2.75, 3.05) is 0 Å². The molecule has 1 heteroatoms. The summed E-state index contributed by atoms with van der Waals surface area (Å²) in [6, 6.07) is 49.7. The van der Waals surface area contributed by atoms with E-state index in [2.05, 4.69) is 133 Å². The average molecular weight is 499 g/mol. The highest BCUT2D eigenvalue weighted by atomic mass is 32.1. The van der Waals surface area contributed by atoms with Crippen LogP contribution in [0.1, 0.15) is 22.3 Å². The van der Waals surface area contributed by atoms with Crippen LogP contribution in [0.5, 0.6) is 0 Å². The molecular weight excluding hydrogens is 476 g/mol. The van der Waals surface area contributed by atoms with Gasteiger partial charge in [0, 0.05) is 25.7 Å². The van der Waals surface area contributed by atoms with Gasteiger partial charge in [0.25, 0.3) is 0 Å². The first-order valence-corrected chi connectivity index (χ1v) is 14.0. The lowest BCUT2D eigenvalue weighted by Gasteiger charge is -2.30. The summed E-state index contributed by atoms with van der Waals surface area (Å²) >= 11 is 1.94. The highest BCUT2D eigenvalue weighted by Crippen LogP contribution is 2.64. The Kier molecular flexibility index (Phi) is 3.96. The summed E-state index contributed by atoms with van der Waals surface area (Å²) in [5.41, 5.74) is 13.3.